The molecule has 0 atom stereocenters. The van der Waals surface area contributed by atoms with Gasteiger partial charge in [-0.3, -0.25) is 4.98 Å². The summed E-state index contributed by atoms with van der Waals surface area (Å²) >= 11 is 0. The van der Waals surface area contributed by atoms with Gasteiger partial charge in [-0.05, 0) is 42.8 Å². The summed E-state index contributed by atoms with van der Waals surface area (Å²) in [5.74, 6) is -0.264. The molecule has 0 saturated heterocycles. The highest BCUT2D eigenvalue weighted by atomic mass is 16.5. The van der Waals surface area contributed by atoms with Gasteiger partial charge in [0.05, 0.1) is 11.3 Å². The first kappa shape index (κ1) is 12.1. The SMILES string of the molecule is Cc1cc(C(=O)O)ccc1OCc1ccccn1. The van der Waals surface area contributed by atoms with Crippen molar-refractivity contribution in [3.05, 3.63) is 59.4 Å². The van der Waals surface area contributed by atoms with Crippen LogP contribution in [0.25, 0.3) is 0 Å². The third kappa shape index (κ3) is 2.85. The van der Waals surface area contributed by atoms with E-state index in [1.165, 1.54) is 6.07 Å². The Morgan fingerprint density at radius 3 is 2.78 bits per heavy atom. The van der Waals surface area contributed by atoms with Gasteiger partial charge in [-0.2, -0.15) is 0 Å². The molecule has 0 aliphatic heterocycles. The van der Waals surface area contributed by atoms with Crippen molar-refractivity contribution in [2.24, 2.45) is 0 Å². The highest BCUT2D eigenvalue weighted by molar-refractivity contribution is 5.88. The van der Waals surface area contributed by atoms with Crippen LogP contribution >= 0.6 is 0 Å². The maximum Gasteiger partial charge on any atom is 0.335 e. The predicted octanol–water partition coefficient (Wildman–Crippen LogP) is 2.67. The van der Waals surface area contributed by atoms with Crippen molar-refractivity contribution in [3.63, 3.8) is 0 Å². The van der Waals surface area contributed by atoms with Crippen molar-refractivity contribution in [1.29, 1.82) is 0 Å². The van der Waals surface area contributed by atoms with E-state index in [1.54, 1.807) is 18.3 Å². The number of pyridine rings is 1. The Bertz CT molecular complexity index is 552. The Labute approximate surface area is 105 Å². The number of aromatic carboxylic acids is 1. The fourth-order valence-corrected chi connectivity index (χ4v) is 1.58. The predicted molar refractivity (Wildman–Crippen MR) is 66.7 cm³/mol. The molecule has 4 heteroatoms. The zero-order valence-corrected chi connectivity index (χ0v) is 9.96. The van der Waals surface area contributed by atoms with E-state index in [4.69, 9.17) is 9.84 Å². The number of hydrogen-bond acceptors (Lipinski definition) is 3. The Morgan fingerprint density at radius 2 is 2.17 bits per heavy atom. The second-order valence-electron chi connectivity index (χ2n) is 3.90. The topological polar surface area (TPSA) is 59.4 Å². The lowest BCUT2D eigenvalue weighted by molar-refractivity contribution is 0.0696. The summed E-state index contributed by atoms with van der Waals surface area (Å²) in [4.78, 5) is 14.9. The number of hydrogen-bond donors (Lipinski definition) is 1. The minimum absolute atomic E-state index is 0.262. The summed E-state index contributed by atoms with van der Waals surface area (Å²) in [5.41, 5.74) is 1.89. The maximum absolute atomic E-state index is 10.8. The number of carbonyl (C=O) groups is 1. The van der Waals surface area contributed by atoms with E-state index in [2.05, 4.69) is 4.98 Å². The fourth-order valence-electron chi connectivity index (χ4n) is 1.58. The minimum atomic E-state index is -0.936. The third-order valence-corrected chi connectivity index (χ3v) is 2.52. The van der Waals surface area contributed by atoms with Gasteiger partial charge in [0, 0.05) is 6.20 Å². The van der Waals surface area contributed by atoms with E-state index in [-0.39, 0.29) is 5.56 Å². The molecular formula is C14H13NO3. The van der Waals surface area contributed by atoms with E-state index >= 15 is 0 Å². The second-order valence-corrected chi connectivity index (χ2v) is 3.90. The minimum Gasteiger partial charge on any atom is -0.487 e. The van der Waals surface area contributed by atoms with Crippen molar-refractivity contribution in [1.82, 2.24) is 4.98 Å². The van der Waals surface area contributed by atoms with E-state index < -0.39 is 5.97 Å². The number of nitrogens with zero attached hydrogens (tertiary/aromatic N) is 1. The molecule has 92 valence electrons. The van der Waals surface area contributed by atoms with E-state index in [0.29, 0.717) is 12.4 Å². The molecule has 1 aromatic heterocycles. The van der Waals surface area contributed by atoms with Crippen LogP contribution in [0.5, 0.6) is 5.75 Å². The summed E-state index contributed by atoms with van der Waals surface area (Å²) < 4.78 is 5.60. The highest BCUT2D eigenvalue weighted by Crippen LogP contribution is 2.20. The van der Waals surface area contributed by atoms with Crippen molar-refractivity contribution < 1.29 is 14.6 Å². The standard InChI is InChI=1S/C14H13NO3/c1-10-8-11(14(16)17)5-6-13(10)18-9-12-4-2-3-7-15-12/h2-8H,9H2,1H3,(H,16,17). The third-order valence-electron chi connectivity index (χ3n) is 2.52. The van der Waals surface area contributed by atoms with Gasteiger partial charge in [-0.15, -0.1) is 0 Å². The molecule has 2 aromatic rings. The summed E-state index contributed by atoms with van der Waals surface area (Å²) in [7, 11) is 0. The lowest BCUT2D eigenvalue weighted by Crippen LogP contribution is -2.01. The Kier molecular flexibility index (Phi) is 3.57. The summed E-state index contributed by atoms with van der Waals surface area (Å²) in [6, 6.07) is 10.4. The normalized spacial score (nSPS) is 10.1. The van der Waals surface area contributed by atoms with Crippen LogP contribution in [0.2, 0.25) is 0 Å². The molecule has 2 rings (SSSR count). The highest BCUT2D eigenvalue weighted by Gasteiger charge is 2.06. The molecule has 0 radical (unpaired) electrons. The molecule has 0 aliphatic rings. The maximum atomic E-state index is 10.8. The van der Waals surface area contributed by atoms with Crippen LogP contribution in [0, 0.1) is 6.92 Å². The zero-order valence-electron chi connectivity index (χ0n) is 9.96. The number of aromatic nitrogens is 1. The van der Waals surface area contributed by atoms with E-state index in [1.807, 2.05) is 25.1 Å². The number of rotatable bonds is 4. The monoisotopic (exact) mass is 243 g/mol. The molecule has 0 saturated carbocycles. The second kappa shape index (κ2) is 5.31. The number of benzene rings is 1. The van der Waals surface area contributed by atoms with Crippen LogP contribution in [-0.4, -0.2) is 16.1 Å². The van der Waals surface area contributed by atoms with E-state index in [0.717, 1.165) is 11.3 Å². The first-order valence-corrected chi connectivity index (χ1v) is 5.53. The molecule has 18 heavy (non-hydrogen) atoms. The lowest BCUT2D eigenvalue weighted by Gasteiger charge is -2.09. The molecule has 4 nitrogen and oxygen atoms in total. The molecule has 0 bridgehead atoms. The van der Waals surface area contributed by atoms with Crippen molar-refractivity contribution in [3.8, 4) is 5.75 Å². The summed E-state index contributed by atoms with van der Waals surface area (Å²) in [6.07, 6.45) is 1.71. The first-order valence-electron chi connectivity index (χ1n) is 5.53. The van der Waals surface area contributed by atoms with Gasteiger partial charge in [-0.1, -0.05) is 6.07 Å². The van der Waals surface area contributed by atoms with Crippen LogP contribution in [-0.2, 0) is 6.61 Å². The largest absolute Gasteiger partial charge is 0.487 e. The summed E-state index contributed by atoms with van der Waals surface area (Å²) in [5, 5.41) is 8.86. The Morgan fingerprint density at radius 1 is 1.33 bits per heavy atom. The van der Waals surface area contributed by atoms with E-state index in [9.17, 15) is 4.79 Å². The van der Waals surface area contributed by atoms with Crippen molar-refractivity contribution >= 4 is 5.97 Å². The molecule has 0 amide bonds. The fraction of sp³-hybridized carbons (Fsp3) is 0.143. The molecule has 0 spiro atoms. The average Bonchev–Trinajstić information content (AvgIpc) is 2.38. The molecule has 1 N–H and O–H groups in total. The van der Waals surface area contributed by atoms with Gasteiger partial charge < -0.3 is 9.84 Å². The van der Waals surface area contributed by atoms with Gasteiger partial charge in [-0.25, -0.2) is 4.79 Å². The average molecular weight is 243 g/mol. The van der Waals surface area contributed by atoms with Crippen LogP contribution < -0.4 is 4.74 Å². The van der Waals surface area contributed by atoms with Crippen LogP contribution in [0.1, 0.15) is 21.6 Å². The van der Waals surface area contributed by atoms with Gasteiger partial charge >= 0.3 is 5.97 Å². The van der Waals surface area contributed by atoms with Crippen LogP contribution in [0.3, 0.4) is 0 Å². The van der Waals surface area contributed by atoms with Gasteiger partial charge in [0.2, 0.25) is 0 Å². The number of aryl methyl sites for hydroxylation is 1. The Balaban J connectivity index is 2.08. The number of carboxylic acids is 1. The van der Waals surface area contributed by atoms with Crippen molar-refractivity contribution in [2.45, 2.75) is 13.5 Å². The molecule has 0 aliphatic carbocycles. The van der Waals surface area contributed by atoms with Crippen molar-refractivity contribution in [2.75, 3.05) is 0 Å². The summed E-state index contributed by atoms with van der Waals surface area (Å²) in [6.45, 7) is 2.19. The van der Waals surface area contributed by atoms with Gasteiger partial charge in [0.1, 0.15) is 12.4 Å². The smallest absolute Gasteiger partial charge is 0.335 e. The lowest BCUT2D eigenvalue weighted by atomic mass is 10.1. The van der Waals surface area contributed by atoms with Crippen LogP contribution in [0.4, 0.5) is 0 Å². The quantitative estimate of drug-likeness (QED) is 0.896. The Hall–Kier alpha value is -2.36. The first-order chi connectivity index (χ1) is 8.66. The molecule has 0 unspecified atom stereocenters. The van der Waals surface area contributed by atoms with Crippen LogP contribution in [0.15, 0.2) is 42.6 Å². The van der Waals surface area contributed by atoms with Gasteiger partial charge in [0.25, 0.3) is 0 Å². The molecule has 1 aromatic carbocycles. The number of carboxylic acid groups (broad SMARTS) is 1. The molecular weight excluding hydrogens is 230 g/mol. The number of ether oxygens (including phenoxy) is 1. The zero-order chi connectivity index (χ0) is 13.0. The molecule has 1 heterocycles. The molecule has 0 fully saturated rings. The van der Waals surface area contributed by atoms with Gasteiger partial charge in [0.15, 0.2) is 0 Å².